The molecule has 2 saturated carbocycles. The predicted molar refractivity (Wildman–Crippen MR) is 302 cm³/mol. The Balaban J connectivity index is 1.12. The number of fused-ring (bicyclic) bond motifs is 16. The normalized spacial score (nSPS) is 19.3. The highest BCUT2D eigenvalue weighted by Gasteiger charge is 2.50. The smallest absolute Gasteiger partial charge is 0.136 e. The van der Waals surface area contributed by atoms with Crippen molar-refractivity contribution in [2.24, 2.45) is 11.8 Å². The van der Waals surface area contributed by atoms with Crippen LogP contribution in [0.2, 0.25) is 0 Å². The minimum Gasteiger partial charge on any atom is -0.456 e. The van der Waals surface area contributed by atoms with Crippen LogP contribution in [-0.4, -0.2) is 9.38 Å². The van der Waals surface area contributed by atoms with Gasteiger partial charge in [0.25, 0.3) is 0 Å². The summed E-state index contributed by atoms with van der Waals surface area (Å²) in [6.07, 6.45) is 8.21. The third-order valence-electron chi connectivity index (χ3n) is 18.8. The van der Waals surface area contributed by atoms with E-state index in [1.54, 1.807) is 0 Å². The fraction of sp³-hybridized carbons (Fsp3) is 0.143. The number of benzene rings is 9. The van der Waals surface area contributed by atoms with Crippen LogP contribution >= 0.6 is 0 Å². The van der Waals surface area contributed by atoms with Crippen molar-refractivity contribution >= 4 is 82.0 Å². The lowest BCUT2D eigenvalue weighted by molar-refractivity contribution is 0.166. The van der Waals surface area contributed by atoms with Crippen LogP contribution in [-0.2, 0) is 5.41 Å². The maximum atomic E-state index is 11.5. The lowest BCUT2D eigenvalue weighted by Crippen LogP contribution is -2.29. The molecule has 19 rings (SSSR count). The highest BCUT2D eigenvalue weighted by Crippen LogP contribution is 2.63. The standard InChI is InChI=1S/C70H45N3O2/c71-36-42-34-53-66(60-41-32-38-29-39(33-41)31-40(30-38)59(42)60)63-50(45-22-13-27-57-61(45)48-20-8-11-25-55(48)74-57)35-51(46-23-14-28-58-62(46)49-21-9-12-26-56(49)75-58)64-67-54(73(53)68(63)64)37-72-69-65(67)47-19-7-10-24-52(47)70(69,43-15-3-1-4-16-43)44-17-5-2-6-18-44/h1-28,34-35,37-41H,29-33H2. The van der Waals surface area contributed by atoms with E-state index >= 15 is 0 Å². The zero-order chi connectivity index (χ0) is 48.8. The lowest BCUT2D eigenvalue weighted by atomic mass is 9.67. The number of hydrogen-bond acceptors (Lipinski definition) is 4. The molecule has 352 valence electrons. The summed E-state index contributed by atoms with van der Waals surface area (Å²) in [6, 6.07) is 69.0. The highest BCUT2D eigenvalue weighted by molar-refractivity contribution is 6.35. The van der Waals surface area contributed by atoms with Gasteiger partial charge in [0.15, 0.2) is 0 Å². The summed E-state index contributed by atoms with van der Waals surface area (Å²) in [6.45, 7) is 0. The van der Waals surface area contributed by atoms with Gasteiger partial charge in [-0.1, -0.05) is 146 Å². The second-order valence-electron chi connectivity index (χ2n) is 22.3. The zero-order valence-corrected chi connectivity index (χ0v) is 40.9. The van der Waals surface area contributed by atoms with Gasteiger partial charge in [-0.3, -0.25) is 4.98 Å². The Bertz CT molecular complexity index is 4800. The molecule has 5 nitrogen and oxygen atoms in total. The average Bonchev–Trinajstić information content (AvgIpc) is 4.33. The summed E-state index contributed by atoms with van der Waals surface area (Å²) in [4.78, 5) is 5.84. The molecule has 75 heavy (non-hydrogen) atoms. The van der Waals surface area contributed by atoms with Crippen molar-refractivity contribution < 1.29 is 8.83 Å². The molecule has 5 aliphatic carbocycles. The summed E-state index contributed by atoms with van der Waals surface area (Å²) in [7, 11) is 0. The van der Waals surface area contributed by atoms with E-state index in [1.807, 2.05) is 0 Å². The molecular weight excluding hydrogens is 915 g/mol. The van der Waals surface area contributed by atoms with Crippen LogP contribution in [0.1, 0.15) is 83.0 Å². The number of para-hydroxylation sites is 2. The van der Waals surface area contributed by atoms with Gasteiger partial charge in [-0.2, -0.15) is 5.26 Å². The van der Waals surface area contributed by atoms with Crippen LogP contribution in [0.15, 0.2) is 197 Å². The van der Waals surface area contributed by atoms with Crippen LogP contribution in [0, 0.1) is 23.2 Å². The monoisotopic (exact) mass is 959 g/mol. The summed E-state index contributed by atoms with van der Waals surface area (Å²) in [5.74, 6) is 2.12. The van der Waals surface area contributed by atoms with E-state index in [-0.39, 0.29) is 0 Å². The van der Waals surface area contributed by atoms with Crippen molar-refractivity contribution in [3.8, 4) is 39.4 Å². The third kappa shape index (κ3) is 5.01. The number of aromatic nitrogens is 2. The molecule has 5 aliphatic rings. The molecule has 0 spiro atoms. The van der Waals surface area contributed by atoms with Crippen molar-refractivity contribution in [2.45, 2.75) is 49.4 Å². The molecule has 5 heterocycles. The Morgan fingerprint density at radius 2 is 1.00 bits per heavy atom. The second kappa shape index (κ2) is 14.4. The van der Waals surface area contributed by atoms with Crippen molar-refractivity contribution in [1.82, 2.24) is 9.38 Å². The molecule has 0 amide bonds. The number of nitriles is 1. The minimum absolute atomic E-state index is 0.375. The SMILES string of the molecule is N#Cc1cc2c(c3c1C1CC4CC(C1)CC3C4)c1c(-c3cccc4oc5ccccc5c34)cc(-c3cccc4oc5ccccc5c34)c3c4c5c(ncc4n2c31)C(c1ccccc1)(c1ccccc1)c1ccccc1-5. The summed E-state index contributed by atoms with van der Waals surface area (Å²) >= 11 is 0. The van der Waals surface area contributed by atoms with E-state index < -0.39 is 5.41 Å². The van der Waals surface area contributed by atoms with Gasteiger partial charge in [0.1, 0.15) is 22.3 Å². The van der Waals surface area contributed by atoms with Gasteiger partial charge in [-0.15, -0.1) is 0 Å². The number of nitrogens with zero attached hydrogens (tertiary/aromatic N) is 3. The maximum absolute atomic E-state index is 11.5. The summed E-state index contributed by atoms with van der Waals surface area (Å²) in [5, 5.41) is 20.8. The highest BCUT2D eigenvalue weighted by atomic mass is 16.3. The first-order valence-electron chi connectivity index (χ1n) is 26.8. The Hall–Kier alpha value is -8.98. The Morgan fingerprint density at radius 1 is 0.467 bits per heavy atom. The molecule has 0 aliphatic heterocycles. The van der Waals surface area contributed by atoms with Crippen molar-refractivity contribution in [2.75, 3.05) is 0 Å². The molecule has 0 radical (unpaired) electrons. The molecule has 14 aromatic rings. The molecule has 5 aromatic heterocycles. The van der Waals surface area contributed by atoms with Gasteiger partial charge >= 0.3 is 0 Å². The van der Waals surface area contributed by atoms with E-state index in [1.165, 1.54) is 98.1 Å². The van der Waals surface area contributed by atoms with Gasteiger partial charge in [0.2, 0.25) is 0 Å². The van der Waals surface area contributed by atoms with Gasteiger partial charge in [-0.05, 0) is 148 Å². The topological polar surface area (TPSA) is 67.4 Å². The zero-order valence-electron chi connectivity index (χ0n) is 40.9. The molecule has 4 bridgehead atoms. The third-order valence-corrected chi connectivity index (χ3v) is 18.8. The maximum Gasteiger partial charge on any atom is 0.136 e. The molecule has 0 saturated heterocycles. The summed E-state index contributed by atoms with van der Waals surface area (Å²) in [5.41, 5.74) is 21.2. The van der Waals surface area contributed by atoms with E-state index in [4.69, 9.17) is 13.8 Å². The van der Waals surface area contributed by atoms with Gasteiger partial charge in [-0.25, -0.2) is 0 Å². The Labute approximate surface area is 431 Å². The first-order valence-corrected chi connectivity index (χ1v) is 26.8. The van der Waals surface area contributed by atoms with E-state index in [9.17, 15) is 5.26 Å². The molecule has 0 N–H and O–H groups in total. The van der Waals surface area contributed by atoms with Gasteiger partial charge < -0.3 is 13.2 Å². The number of furan rings is 2. The molecule has 2 fully saturated rings. The largest absolute Gasteiger partial charge is 0.456 e. The summed E-state index contributed by atoms with van der Waals surface area (Å²) < 4.78 is 16.1. The molecule has 2 unspecified atom stereocenters. The second-order valence-corrected chi connectivity index (χ2v) is 22.3. The van der Waals surface area contributed by atoms with Crippen LogP contribution in [0.3, 0.4) is 0 Å². The fourth-order valence-electron chi connectivity index (χ4n) is 16.4. The number of hydrogen-bond donors (Lipinski definition) is 0. The first kappa shape index (κ1) is 40.5. The van der Waals surface area contributed by atoms with Crippen molar-refractivity contribution in [3.05, 3.63) is 227 Å². The first-order chi connectivity index (χ1) is 37.2. The molecule has 9 aromatic carbocycles. The van der Waals surface area contributed by atoms with Crippen molar-refractivity contribution in [3.63, 3.8) is 0 Å². The lowest BCUT2D eigenvalue weighted by Gasteiger charge is -2.38. The predicted octanol–water partition coefficient (Wildman–Crippen LogP) is 18.0. The van der Waals surface area contributed by atoms with E-state index in [2.05, 4.69) is 199 Å². The van der Waals surface area contributed by atoms with Gasteiger partial charge in [0, 0.05) is 48.7 Å². The minimum atomic E-state index is -0.704. The number of rotatable bonds is 4. The van der Waals surface area contributed by atoms with E-state index in [0.717, 1.165) is 88.4 Å². The van der Waals surface area contributed by atoms with Gasteiger partial charge in [0.05, 0.1) is 45.5 Å². The average molecular weight is 960 g/mol. The Morgan fingerprint density at radius 3 is 1.63 bits per heavy atom. The van der Waals surface area contributed by atoms with Crippen LogP contribution in [0.4, 0.5) is 0 Å². The van der Waals surface area contributed by atoms with Crippen LogP contribution < -0.4 is 0 Å². The number of pyridine rings is 1. The fourth-order valence-corrected chi connectivity index (χ4v) is 16.4. The molecular formula is C70H45N3O2. The van der Waals surface area contributed by atoms with Crippen LogP contribution in [0.5, 0.6) is 0 Å². The Kier molecular flexibility index (Phi) is 7.78. The quantitative estimate of drug-likeness (QED) is 0.176. The van der Waals surface area contributed by atoms with Crippen LogP contribution in [0.25, 0.3) is 115 Å². The molecule has 2 atom stereocenters. The van der Waals surface area contributed by atoms with Crippen molar-refractivity contribution in [1.29, 1.82) is 5.26 Å². The van der Waals surface area contributed by atoms with E-state index in [0.29, 0.717) is 23.7 Å². The molecule has 5 heteroatoms.